The highest BCUT2D eigenvalue weighted by Crippen LogP contribution is 2.47. The third-order valence-corrected chi connectivity index (χ3v) is 6.99. The number of aliphatic carboxylic acids is 1. The SMILES string of the molecule is CCCC[N+]1(c2ccc(F)c(F)c2)C(c2ccc(S(C)(=O)=O)cc2)=CC(CC(=O)[O-])=C1C. The Morgan fingerprint density at radius 1 is 1.06 bits per heavy atom. The Hall–Kier alpha value is -2.84. The van der Waals surface area contributed by atoms with Gasteiger partial charge in [0.2, 0.25) is 0 Å². The molecule has 32 heavy (non-hydrogen) atoms. The largest absolute Gasteiger partial charge is 0.550 e. The van der Waals surface area contributed by atoms with Crippen LogP contribution in [0.25, 0.3) is 5.70 Å². The van der Waals surface area contributed by atoms with E-state index in [4.69, 9.17) is 0 Å². The van der Waals surface area contributed by atoms with Gasteiger partial charge in [-0.1, -0.05) is 13.3 Å². The van der Waals surface area contributed by atoms with Crippen LogP contribution in [0.2, 0.25) is 0 Å². The van der Waals surface area contributed by atoms with Gasteiger partial charge >= 0.3 is 0 Å². The van der Waals surface area contributed by atoms with Gasteiger partial charge in [0.25, 0.3) is 0 Å². The van der Waals surface area contributed by atoms with Gasteiger partial charge in [-0.05, 0) is 36.8 Å². The first-order valence-corrected chi connectivity index (χ1v) is 12.2. The highest BCUT2D eigenvalue weighted by molar-refractivity contribution is 7.90. The summed E-state index contributed by atoms with van der Waals surface area (Å²) in [5, 5.41) is 11.4. The molecule has 0 aromatic heterocycles. The van der Waals surface area contributed by atoms with Crippen molar-refractivity contribution >= 4 is 27.2 Å². The lowest BCUT2D eigenvalue weighted by molar-refractivity contribution is -0.304. The molecule has 0 aliphatic carbocycles. The molecule has 0 bridgehead atoms. The Morgan fingerprint density at radius 3 is 2.25 bits per heavy atom. The van der Waals surface area contributed by atoms with E-state index in [9.17, 15) is 27.1 Å². The predicted octanol–water partition coefficient (Wildman–Crippen LogP) is 3.94. The van der Waals surface area contributed by atoms with Gasteiger partial charge in [-0.3, -0.25) is 0 Å². The fraction of sp³-hybridized carbons (Fsp3) is 0.292. The van der Waals surface area contributed by atoms with E-state index in [2.05, 4.69) is 0 Å². The number of carboxylic acids is 1. The van der Waals surface area contributed by atoms with Crippen LogP contribution in [0.5, 0.6) is 0 Å². The van der Waals surface area contributed by atoms with Crippen LogP contribution in [0.1, 0.15) is 38.7 Å². The maximum absolute atomic E-state index is 14.3. The highest BCUT2D eigenvalue weighted by Gasteiger charge is 2.44. The van der Waals surface area contributed by atoms with Gasteiger partial charge in [-0.25, -0.2) is 21.7 Å². The Kier molecular flexibility index (Phi) is 6.67. The molecule has 2 aromatic rings. The number of hydrogen-bond acceptors (Lipinski definition) is 4. The van der Waals surface area contributed by atoms with E-state index >= 15 is 0 Å². The summed E-state index contributed by atoms with van der Waals surface area (Å²) >= 11 is 0. The van der Waals surface area contributed by atoms with Gasteiger partial charge in [-0.2, -0.15) is 0 Å². The average molecular weight is 462 g/mol. The number of unbranched alkanes of at least 4 members (excludes halogenated alkanes) is 1. The van der Waals surface area contributed by atoms with Crippen LogP contribution in [0.3, 0.4) is 0 Å². The van der Waals surface area contributed by atoms with Crippen molar-refractivity contribution in [2.45, 2.75) is 38.0 Å². The summed E-state index contributed by atoms with van der Waals surface area (Å²) in [6, 6.07) is 9.96. The minimum atomic E-state index is -3.40. The van der Waals surface area contributed by atoms with Gasteiger partial charge in [0.05, 0.1) is 11.4 Å². The molecule has 1 aliphatic heterocycles. The number of sulfone groups is 1. The van der Waals surface area contributed by atoms with Gasteiger partial charge in [0.15, 0.2) is 27.2 Å². The van der Waals surface area contributed by atoms with Gasteiger partial charge in [0.1, 0.15) is 11.4 Å². The monoisotopic (exact) mass is 461 g/mol. The smallest absolute Gasteiger partial charge is 0.175 e. The second-order valence-electron chi connectivity index (χ2n) is 7.97. The molecule has 0 fully saturated rings. The molecule has 5 nitrogen and oxygen atoms in total. The number of hydrogen-bond donors (Lipinski definition) is 0. The summed E-state index contributed by atoms with van der Waals surface area (Å²) < 4.78 is 51.8. The van der Waals surface area contributed by atoms with Crippen molar-refractivity contribution in [2.24, 2.45) is 0 Å². The molecule has 1 aliphatic rings. The van der Waals surface area contributed by atoms with Crippen molar-refractivity contribution in [3.63, 3.8) is 0 Å². The number of quaternary nitrogens is 1. The summed E-state index contributed by atoms with van der Waals surface area (Å²) in [4.78, 5) is 11.6. The summed E-state index contributed by atoms with van der Waals surface area (Å²) in [5.74, 6) is -3.21. The number of carboxylic acid groups (broad SMARTS) is 1. The van der Waals surface area contributed by atoms with E-state index in [0.717, 1.165) is 31.2 Å². The lowest BCUT2D eigenvalue weighted by Gasteiger charge is -2.37. The zero-order chi connectivity index (χ0) is 23.7. The van der Waals surface area contributed by atoms with Crippen LogP contribution in [0, 0.1) is 11.6 Å². The highest BCUT2D eigenvalue weighted by atomic mass is 32.2. The van der Waals surface area contributed by atoms with Crippen LogP contribution in [0.15, 0.2) is 64.7 Å². The molecule has 1 heterocycles. The number of carbonyl (C=O) groups is 1. The molecule has 0 saturated heterocycles. The molecule has 3 rings (SSSR count). The van der Waals surface area contributed by atoms with Crippen LogP contribution in [0.4, 0.5) is 14.5 Å². The van der Waals surface area contributed by atoms with E-state index < -0.39 is 27.4 Å². The zero-order valence-electron chi connectivity index (χ0n) is 18.2. The zero-order valence-corrected chi connectivity index (χ0v) is 19.0. The summed E-state index contributed by atoms with van der Waals surface area (Å²) in [5.41, 5.74) is 2.98. The van der Waals surface area contributed by atoms with Crippen LogP contribution in [-0.2, 0) is 14.6 Å². The van der Waals surface area contributed by atoms with Crippen LogP contribution in [-0.4, -0.2) is 27.2 Å². The first kappa shape index (κ1) is 23.8. The van der Waals surface area contributed by atoms with E-state index in [-0.39, 0.29) is 15.8 Å². The third-order valence-electron chi connectivity index (χ3n) is 5.86. The molecule has 0 N–H and O–H groups in total. The second kappa shape index (κ2) is 8.96. The predicted molar refractivity (Wildman–Crippen MR) is 118 cm³/mol. The van der Waals surface area contributed by atoms with Crippen molar-refractivity contribution in [1.29, 1.82) is 0 Å². The Labute approximate surface area is 186 Å². The quantitative estimate of drug-likeness (QED) is 0.558. The van der Waals surface area contributed by atoms with E-state index in [1.165, 1.54) is 18.2 Å². The summed E-state index contributed by atoms with van der Waals surface area (Å²) in [7, 11) is -3.40. The molecule has 2 aromatic carbocycles. The van der Waals surface area contributed by atoms with Crippen molar-refractivity contribution in [3.05, 3.63) is 77.0 Å². The molecule has 0 spiro atoms. The maximum Gasteiger partial charge on any atom is 0.175 e. The number of nitrogens with zero attached hydrogens (tertiary/aromatic N) is 1. The van der Waals surface area contributed by atoms with Gasteiger partial charge in [0, 0.05) is 54.9 Å². The fourth-order valence-corrected chi connectivity index (χ4v) is 4.81. The summed E-state index contributed by atoms with van der Waals surface area (Å²) in [6.45, 7) is 4.27. The Balaban J connectivity index is 2.27. The number of benzene rings is 2. The number of halogens is 2. The molecular weight excluding hydrogens is 436 g/mol. The molecule has 1 unspecified atom stereocenters. The Bertz CT molecular complexity index is 1220. The molecule has 1 atom stereocenters. The molecule has 170 valence electrons. The third kappa shape index (κ3) is 4.38. The first-order chi connectivity index (χ1) is 15.0. The minimum absolute atomic E-state index is 0.0197. The van der Waals surface area contributed by atoms with Crippen LogP contribution >= 0.6 is 0 Å². The maximum atomic E-state index is 14.3. The van der Waals surface area contributed by atoms with Crippen molar-refractivity contribution in [2.75, 3.05) is 12.8 Å². The Morgan fingerprint density at radius 2 is 1.72 bits per heavy atom. The normalized spacial score (nSPS) is 18.7. The number of carbonyl (C=O) groups excluding carboxylic acids is 1. The number of allylic oxidation sites excluding steroid dienone is 2. The number of rotatable bonds is 8. The molecule has 8 heteroatoms. The van der Waals surface area contributed by atoms with Crippen molar-refractivity contribution in [1.82, 2.24) is 4.48 Å². The van der Waals surface area contributed by atoms with Gasteiger partial charge in [-0.15, -0.1) is 0 Å². The molecular formula is C24H25F2NO4S. The molecule has 0 saturated carbocycles. The van der Waals surface area contributed by atoms with E-state index in [1.807, 2.05) is 6.92 Å². The minimum Gasteiger partial charge on any atom is -0.550 e. The standard InChI is InChI=1S/C24H25F2NO4S/c1-4-5-12-27(19-8-11-21(25)22(26)15-19)16(2)18(14-24(28)29)13-23(27)17-6-9-20(10-7-17)32(3,30)31/h6-11,13,15H,4-5,12,14H2,1-3H3. The topological polar surface area (TPSA) is 74.3 Å². The fourth-order valence-electron chi connectivity index (χ4n) is 4.18. The lowest BCUT2D eigenvalue weighted by Crippen LogP contribution is -2.45. The van der Waals surface area contributed by atoms with Crippen molar-refractivity contribution < 1.29 is 27.1 Å². The van der Waals surface area contributed by atoms with E-state index in [1.54, 1.807) is 25.1 Å². The second-order valence-corrected chi connectivity index (χ2v) is 9.99. The van der Waals surface area contributed by atoms with Gasteiger partial charge < -0.3 is 9.90 Å². The first-order valence-electron chi connectivity index (χ1n) is 10.3. The van der Waals surface area contributed by atoms with Crippen LogP contribution < -0.4 is 9.59 Å². The van der Waals surface area contributed by atoms with E-state index in [0.29, 0.717) is 34.8 Å². The lowest BCUT2D eigenvalue weighted by atomic mass is 10.1. The molecule has 0 amide bonds. The molecule has 0 radical (unpaired) electrons. The summed E-state index contributed by atoms with van der Waals surface area (Å²) in [6.07, 6.45) is 4.08. The average Bonchev–Trinajstić information content (AvgIpc) is 3.00. The van der Waals surface area contributed by atoms with Crippen molar-refractivity contribution in [3.8, 4) is 0 Å².